The predicted octanol–water partition coefficient (Wildman–Crippen LogP) is 2.37. The maximum absolute atomic E-state index is 14.4. The Morgan fingerprint density at radius 3 is 2.67 bits per heavy atom. The summed E-state index contributed by atoms with van der Waals surface area (Å²) in [7, 11) is 1.55. The molecule has 0 atom stereocenters. The van der Waals surface area contributed by atoms with Gasteiger partial charge in [-0.1, -0.05) is 19.1 Å². The highest BCUT2D eigenvalue weighted by Crippen LogP contribution is 2.32. The molecule has 6 nitrogen and oxygen atoms in total. The predicted molar refractivity (Wildman–Crippen MR) is 88.8 cm³/mol. The van der Waals surface area contributed by atoms with E-state index in [1.165, 1.54) is 21.3 Å². The highest BCUT2D eigenvalue weighted by atomic mass is 19.1. The standard InChI is InChI=1S/C17H16FN3O3/c1-3-14(22)24-16-11(19)7-5-9-13(16)21-15-10(18)6-4-8-12(15)20(2)17(21)23/h4-9H,3,19H2,1-2H3. The summed E-state index contributed by atoms with van der Waals surface area (Å²) in [6, 6.07) is 9.15. The van der Waals surface area contributed by atoms with Gasteiger partial charge in [0.25, 0.3) is 0 Å². The largest absolute Gasteiger partial charge is 0.422 e. The molecule has 0 bridgehead atoms. The van der Waals surface area contributed by atoms with Gasteiger partial charge in [-0.2, -0.15) is 0 Å². The third-order valence-corrected chi connectivity index (χ3v) is 3.80. The molecule has 2 N–H and O–H groups in total. The minimum atomic E-state index is -0.555. The van der Waals surface area contributed by atoms with Crippen LogP contribution in [0.3, 0.4) is 0 Å². The molecule has 1 heterocycles. The van der Waals surface area contributed by atoms with Crippen LogP contribution in [0, 0.1) is 5.82 Å². The van der Waals surface area contributed by atoms with E-state index in [0.29, 0.717) is 5.52 Å². The van der Waals surface area contributed by atoms with E-state index in [-0.39, 0.29) is 29.1 Å². The molecular formula is C17H16FN3O3. The molecule has 1 aromatic heterocycles. The number of nitrogens with zero attached hydrogens (tertiary/aromatic N) is 2. The number of carbonyl (C=O) groups is 1. The first-order valence-corrected chi connectivity index (χ1v) is 7.41. The summed E-state index contributed by atoms with van der Waals surface area (Å²) in [5, 5.41) is 0. The Morgan fingerprint density at radius 1 is 1.25 bits per heavy atom. The first-order valence-electron chi connectivity index (χ1n) is 7.41. The number of hydrogen-bond donors (Lipinski definition) is 1. The van der Waals surface area contributed by atoms with Crippen molar-refractivity contribution in [1.82, 2.24) is 9.13 Å². The molecule has 2 aromatic carbocycles. The average Bonchev–Trinajstić information content (AvgIpc) is 2.82. The van der Waals surface area contributed by atoms with Crippen molar-refractivity contribution in [2.24, 2.45) is 7.05 Å². The summed E-state index contributed by atoms with van der Waals surface area (Å²) in [5.74, 6) is -1.01. The number of ether oxygens (including phenoxy) is 1. The van der Waals surface area contributed by atoms with E-state index in [0.717, 1.165) is 0 Å². The first kappa shape index (κ1) is 15.8. The van der Waals surface area contributed by atoms with Gasteiger partial charge in [-0.15, -0.1) is 0 Å². The van der Waals surface area contributed by atoms with Gasteiger partial charge in [0.05, 0.1) is 16.9 Å². The molecule has 3 rings (SSSR count). The molecule has 7 heteroatoms. The molecule has 0 aliphatic rings. The molecule has 0 spiro atoms. The number of para-hydroxylation sites is 2. The van der Waals surface area contributed by atoms with Crippen LogP contribution in [0.4, 0.5) is 10.1 Å². The molecule has 0 fully saturated rings. The van der Waals surface area contributed by atoms with Crippen LogP contribution in [0.25, 0.3) is 16.7 Å². The van der Waals surface area contributed by atoms with Crippen molar-refractivity contribution < 1.29 is 13.9 Å². The van der Waals surface area contributed by atoms with Crippen molar-refractivity contribution in [1.29, 1.82) is 0 Å². The van der Waals surface area contributed by atoms with Gasteiger partial charge in [-0.05, 0) is 24.3 Å². The van der Waals surface area contributed by atoms with Crippen LogP contribution in [0.1, 0.15) is 13.3 Å². The second-order valence-electron chi connectivity index (χ2n) is 5.31. The lowest BCUT2D eigenvalue weighted by Crippen LogP contribution is -2.22. The zero-order valence-corrected chi connectivity index (χ0v) is 13.2. The molecule has 0 aliphatic carbocycles. The average molecular weight is 329 g/mol. The van der Waals surface area contributed by atoms with E-state index in [2.05, 4.69) is 0 Å². The van der Waals surface area contributed by atoms with Crippen LogP contribution in [-0.2, 0) is 11.8 Å². The van der Waals surface area contributed by atoms with E-state index in [4.69, 9.17) is 10.5 Å². The SMILES string of the molecule is CCC(=O)Oc1c(N)cccc1-n1c(=O)n(C)c2cccc(F)c21. The van der Waals surface area contributed by atoms with E-state index in [1.54, 1.807) is 38.2 Å². The molecule has 0 saturated carbocycles. The molecule has 3 aromatic rings. The van der Waals surface area contributed by atoms with Gasteiger partial charge >= 0.3 is 11.7 Å². The number of nitrogens with two attached hydrogens (primary N) is 1. The highest BCUT2D eigenvalue weighted by Gasteiger charge is 2.21. The topological polar surface area (TPSA) is 79.2 Å². The number of aryl methyl sites for hydroxylation is 1. The fourth-order valence-corrected chi connectivity index (χ4v) is 2.58. The van der Waals surface area contributed by atoms with Gasteiger partial charge in [0.2, 0.25) is 0 Å². The van der Waals surface area contributed by atoms with E-state index < -0.39 is 17.5 Å². The minimum absolute atomic E-state index is 0.0437. The quantitative estimate of drug-likeness (QED) is 0.454. The highest BCUT2D eigenvalue weighted by molar-refractivity contribution is 5.82. The maximum Gasteiger partial charge on any atom is 0.333 e. The smallest absolute Gasteiger partial charge is 0.333 e. The number of carbonyl (C=O) groups excluding carboxylic acids is 1. The van der Waals surface area contributed by atoms with E-state index in [1.807, 2.05) is 0 Å². The Morgan fingerprint density at radius 2 is 1.96 bits per heavy atom. The number of aromatic nitrogens is 2. The first-order chi connectivity index (χ1) is 11.5. The lowest BCUT2D eigenvalue weighted by atomic mass is 10.2. The van der Waals surface area contributed by atoms with Crippen molar-refractivity contribution in [3.63, 3.8) is 0 Å². The molecule has 24 heavy (non-hydrogen) atoms. The summed E-state index contributed by atoms with van der Waals surface area (Å²) in [6.45, 7) is 1.64. The van der Waals surface area contributed by atoms with Crippen molar-refractivity contribution >= 4 is 22.7 Å². The van der Waals surface area contributed by atoms with Gasteiger partial charge in [0.1, 0.15) is 11.3 Å². The Hall–Kier alpha value is -3.09. The number of hydrogen-bond acceptors (Lipinski definition) is 4. The molecule has 0 radical (unpaired) electrons. The summed E-state index contributed by atoms with van der Waals surface area (Å²) < 4.78 is 22.1. The van der Waals surface area contributed by atoms with Crippen LogP contribution >= 0.6 is 0 Å². The minimum Gasteiger partial charge on any atom is -0.422 e. The number of anilines is 1. The Labute approximate surface area is 136 Å². The fourth-order valence-electron chi connectivity index (χ4n) is 2.58. The summed E-state index contributed by atoms with van der Waals surface area (Å²) >= 11 is 0. The second kappa shape index (κ2) is 5.84. The summed E-state index contributed by atoms with van der Waals surface area (Å²) in [5.41, 5.74) is 6.38. The zero-order valence-electron chi connectivity index (χ0n) is 13.2. The lowest BCUT2D eigenvalue weighted by molar-refractivity contribution is -0.133. The molecule has 0 unspecified atom stereocenters. The van der Waals surface area contributed by atoms with Crippen LogP contribution in [0.5, 0.6) is 5.75 Å². The monoisotopic (exact) mass is 329 g/mol. The van der Waals surface area contributed by atoms with Gasteiger partial charge < -0.3 is 10.5 Å². The number of nitrogen functional groups attached to an aromatic ring is 1. The zero-order chi connectivity index (χ0) is 17.4. The molecule has 124 valence electrons. The molecule has 0 saturated heterocycles. The number of halogens is 1. The molecule has 0 aliphatic heterocycles. The maximum atomic E-state index is 14.4. The summed E-state index contributed by atoms with van der Waals surface area (Å²) in [6.07, 6.45) is 0.145. The Kier molecular flexibility index (Phi) is 3.84. The second-order valence-corrected chi connectivity index (χ2v) is 5.31. The molecular weight excluding hydrogens is 313 g/mol. The molecule has 0 amide bonds. The van der Waals surface area contributed by atoms with E-state index >= 15 is 0 Å². The van der Waals surface area contributed by atoms with Crippen molar-refractivity contribution in [2.45, 2.75) is 13.3 Å². The Balaban J connectivity index is 2.38. The van der Waals surface area contributed by atoms with Gasteiger partial charge in [-0.25, -0.2) is 9.18 Å². The third-order valence-electron chi connectivity index (χ3n) is 3.80. The van der Waals surface area contributed by atoms with Gasteiger partial charge in [0.15, 0.2) is 5.75 Å². The fraction of sp³-hybridized carbons (Fsp3) is 0.176. The van der Waals surface area contributed by atoms with E-state index in [9.17, 15) is 14.0 Å². The van der Waals surface area contributed by atoms with Crippen LogP contribution < -0.4 is 16.2 Å². The normalized spacial score (nSPS) is 11.0. The number of esters is 1. The third kappa shape index (κ3) is 2.34. The number of benzene rings is 2. The number of imidazole rings is 1. The Bertz CT molecular complexity index is 1000. The van der Waals surface area contributed by atoms with Gasteiger partial charge in [0, 0.05) is 13.5 Å². The van der Waals surface area contributed by atoms with Crippen molar-refractivity contribution in [3.8, 4) is 11.4 Å². The van der Waals surface area contributed by atoms with Crippen LogP contribution in [0.15, 0.2) is 41.2 Å². The van der Waals surface area contributed by atoms with Crippen molar-refractivity contribution in [3.05, 3.63) is 52.7 Å². The number of rotatable bonds is 3. The summed E-state index contributed by atoms with van der Waals surface area (Å²) in [4.78, 5) is 24.3. The van der Waals surface area contributed by atoms with Crippen LogP contribution in [-0.4, -0.2) is 15.1 Å². The number of fused-ring (bicyclic) bond motifs is 1. The van der Waals surface area contributed by atoms with Crippen LogP contribution in [0.2, 0.25) is 0 Å². The van der Waals surface area contributed by atoms with Gasteiger partial charge in [-0.3, -0.25) is 13.9 Å². The lowest BCUT2D eigenvalue weighted by Gasteiger charge is -2.13. The van der Waals surface area contributed by atoms with Crippen molar-refractivity contribution in [2.75, 3.05) is 5.73 Å².